The minimum absolute atomic E-state index is 0.0468. The second kappa shape index (κ2) is 10.6. The second-order valence-electron chi connectivity index (χ2n) is 9.16. The van der Waals surface area contributed by atoms with Crippen LogP contribution in [0.5, 0.6) is 11.6 Å². The van der Waals surface area contributed by atoms with Crippen LogP contribution in [0.2, 0.25) is 0 Å². The summed E-state index contributed by atoms with van der Waals surface area (Å²) in [6, 6.07) is 11.0. The van der Waals surface area contributed by atoms with Crippen molar-refractivity contribution in [1.82, 2.24) is 15.3 Å². The van der Waals surface area contributed by atoms with Gasteiger partial charge in [-0.05, 0) is 81.2 Å². The molecule has 0 bridgehead atoms. The first-order valence-electron chi connectivity index (χ1n) is 11.8. The van der Waals surface area contributed by atoms with Gasteiger partial charge in [0.2, 0.25) is 11.8 Å². The second-order valence-corrected chi connectivity index (χ2v) is 11.2. The lowest BCUT2D eigenvalue weighted by Crippen LogP contribution is -2.41. The van der Waals surface area contributed by atoms with E-state index in [1.807, 2.05) is 6.07 Å². The van der Waals surface area contributed by atoms with E-state index in [1.165, 1.54) is 24.3 Å². The molecule has 0 radical (unpaired) electrons. The van der Waals surface area contributed by atoms with Crippen molar-refractivity contribution in [2.75, 3.05) is 24.2 Å². The van der Waals surface area contributed by atoms with Crippen molar-refractivity contribution < 1.29 is 26.3 Å². The molecule has 4 rings (SSSR count). The van der Waals surface area contributed by atoms with E-state index in [4.69, 9.17) is 4.74 Å². The van der Waals surface area contributed by atoms with Crippen LogP contribution in [0.15, 0.2) is 47.5 Å². The van der Waals surface area contributed by atoms with Gasteiger partial charge in [0.25, 0.3) is 0 Å². The van der Waals surface area contributed by atoms with Gasteiger partial charge in [-0.3, -0.25) is 0 Å². The summed E-state index contributed by atoms with van der Waals surface area (Å²) in [4.78, 5) is 10.0. The Morgan fingerprint density at radius 2 is 1.79 bits per heavy atom. The number of nitrogens with zero attached hydrogens (tertiary/aromatic N) is 4. The number of benzene rings is 2. The Labute approximate surface area is 219 Å². The van der Waals surface area contributed by atoms with Crippen molar-refractivity contribution in [3.8, 4) is 17.7 Å². The maximum atomic E-state index is 14.0. The number of sulfone groups is 1. The quantitative estimate of drug-likeness (QED) is 0.458. The lowest BCUT2D eigenvalue weighted by molar-refractivity contribution is -0.139. The summed E-state index contributed by atoms with van der Waals surface area (Å²) in [6.45, 7) is 4.61. The Bertz CT molecular complexity index is 1470. The van der Waals surface area contributed by atoms with Crippen LogP contribution in [0.4, 0.5) is 24.8 Å². The number of halogens is 3. The third-order valence-corrected chi connectivity index (χ3v) is 7.36. The van der Waals surface area contributed by atoms with Crippen LogP contribution in [-0.4, -0.2) is 43.8 Å². The maximum Gasteiger partial charge on any atom is 0.423 e. The Morgan fingerprint density at radius 3 is 2.37 bits per heavy atom. The highest BCUT2D eigenvalue weighted by Gasteiger charge is 2.38. The molecule has 0 atom stereocenters. The molecule has 2 aromatic carbocycles. The van der Waals surface area contributed by atoms with Crippen molar-refractivity contribution in [2.45, 2.75) is 43.8 Å². The summed E-state index contributed by atoms with van der Waals surface area (Å²) in [5, 5.41) is 12.5. The van der Waals surface area contributed by atoms with E-state index in [2.05, 4.69) is 15.3 Å². The fourth-order valence-corrected chi connectivity index (χ4v) is 5.10. The van der Waals surface area contributed by atoms with Gasteiger partial charge in [0.15, 0.2) is 9.84 Å². The zero-order valence-electron chi connectivity index (χ0n) is 21.0. The zero-order valence-corrected chi connectivity index (χ0v) is 21.8. The zero-order chi connectivity index (χ0) is 27.7. The number of hydrogen-bond acceptors (Lipinski definition) is 8. The average Bonchev–Trinajstić information content (AvgIpc) is 2.86. The summed E-state index contributed by atoms with van der Waals surface area (Å²) in [6.07, 6.45) is -1.75. The van der Waals surface area contributed by atoms with Crippen molar-refractivity contribution in [3.05, 3.63) is 64.8 Å². The van der Waals surface area contributed by atoms with Crippen molar-refractivity contribution in [1.29, 1.82) is 5.26 Å². The van der Waals surface area contributed by atoms with Gasteiger partial charge in [-0.25, -0.2) is 13.4 Å². The number of nitrogens with one attached hydrogen (secondary N) is 1. The van der Waals surface area contributed by atoms with Gasteiger partial charge in [0, 0.05) is 24.2 Å². The fourth-order valence-electron chi connectivity index (χ4n) is 4.44. The first-order chi connectivity index (χ1) is 17.9. The number of anilines is 2. The van der Waals surface area contributed by atoms with Crippen molar-refractivity contribution in [3.63, 3.8) is 0 Å². The van der Waals surface area contributed by atoms with E-state index in [0.29, 0.717) is 54.5 Å². The Balaban J connectivity index is 1.87. The predicted octanol–water partition coefficient (Wildman–Crippen LogP) is 5.07. The SMILES string of the molecule is Cc1cc(C#N)cc(C)c1Oc1nc(N(c2cccc(S(C)(=O)=O)c2)C2CCNCC2)ncc1C(F)(F)F. The fraction of sp³-hybridized carbons (Fsp3) is 0.346. The van der Waals surface area contributed by atoms with E-state index in [0.717, 1.165) is 6.26 Å². The summed E-state index contributed by atoms with van der Waals surface area (Å²) in [5.74, 6) is -0.572. The van der Waals surface area contributed by atoms with Crippen LogP contribution < -0.4 is 15.0 Å². The summed E-state index contributed by atoms with van der Waals surface area (Å²) in [7, 11) is -3.54. The lowest BCUT2D eigenvalue weighted by atomic mass is 10.0. The van der Waals surface area contributed by atoms with Crippen LogP contribution in [0, 0.1) is 25.2 Å². The maximum absolute atomic E-state index is 14.0. The van der Waals surface area contributed by atoms with Crippen molar-refractivity contribution >= 4 is 21.5 Å². The number of rotatable bonds is 6. The number of piperidine rings is 1. The molecule has 200 valence electrons. The number of nitriles is 1. The van der Waals surface area contributed by atoms with E-state index >= 15 is 0 Å². The number of hydrogen-bond donors (Lipinski definition) is 1. The highest BCUT2D eigenvalue weighted by atomic mass is 32.2. The van der Waals surface area contributed by atoms with Gasteiger partial charge in [-0.2, -0.15) is 23.4 Å². The molecule has 3 aromatic rings. The van der Waals surface area contributed by atoms with Gasteiger partial charge in [-0.15, -0.1) is 0 Å². The molecule has 8 nitrogen and oxygen atoms in total. The Kier molecular flexibility index (Phi) is 7.62. The van der Waals surface area contributed by atoms with Gasteiger partial charge >= 0.3 is 6.18 Å². The minimum atomic E-state index is -4.79. The monoisotopic (exact) mass is 545 g/mol. The molecule has 1 aromatic heterocycles. The first-order valence-corrected chi connectivity index (χ1v) is 13.7. The topological polar surface area (TPSA) is 108 Å². The molecular weight excluding hydrogens is 519 g/mol. The van der Waals surface area contributed by atoms with Gasteiger partial charge < -0.3 is 15.0 Å². The van der Waals surface area contributed by atoms with E-state index in [9.17, 15) is 26.9 Å². The first kappa shape index (κ1) is 27.3. The lowest BCUT2D eigenvalue weighted by Gasteiger charge is -2.35. The molecule has 1 aliphatic heterocycles. The summed E-state index contributed by atoms with van der Waals surface area (Å²) < 4.78 is 72.1. The third kappa shape index (κ3) is 5.89. The standard InChI is InChI=1S/C26H26F3N5O3S/c1-16-11-18(14-30)12-17(2)23(16)37-24-22(26(27,28)29)15-32-25(33-24)34(19-7-9-31-10-8-19)20-5-4-6-21(13-20)38(3,35)36/h4-6,11-13,15,19,31H,7-10H2,1-3H3. The van der Waals surface area contributed by atoms with Crippen molar-refractivity contribution in [2.24, 2.45) is 0 Å². The largest absolute Gasteiger partial charge is 0.438 e. The number of aryl methyl sites for hydroxylation is 2. The third-order valence-electron chi connectivity index (χ3n) is 6.25. The Morgan fingerprint density at radius 1 is 1.13 bits per heavy atom. The molecule has 1 fully saturated rings. The molecule has 0 saturated carbocycles. The molecule has 0 unspecified atom stereocenters. The molecule has 38 heavy (non-hydrogen) atoms. The molecule has 0 aliphatic carbocycles. The van der Waals surface area contributed by atoms with Crippen LogP contribution >= 0.6 is 0 Å². The van der Waals surface area contributed by atoms with Gasteiger partial charge in [0.05, 0.1) is 16.5 Å². The minimum Gasteiger partial charge on any atom is -0.438 e. The number of ether oxygens (including phenoxy) is 1. The van der Waals surface area contributed by atoms with Gasteiger partial charge in [-0.1, -0.05) is 6.07 Å². The molecule has 0 spiro atoms. The summed E-state index contributed by atoms with van der Waals surface area (Å²) in [5.41, 5.74) is 0.599. The van der Waals surface area contributed by atoms with Crippen LogP contribution in [0.25, 0.3) is 0 Å². The summed E-state index contributed by atoms with van der Waals surface area (Å²) >= 11 is 0. The van der Waals surface area contributed by atoms with Crippen LogP contribution in [0.3, 0.4) is 0 Å². The average molecular weight is 546 g/mol. The van der Waals surface area contributed by atoms with Crippen LogP contribution in [-0.2, 0) is 16.0 Å². The van der Waals surface area contributed by atoms with E-state index in [1.54, 1.807) is 30.9 Å². The molecular formula is C26H26F3N5O3S. The molecule has 1 aliphatic rings. The molecule has 1 saturated heterocycles. The highest BCUT2D eigenvalue weighted by Crippen LogP contribution is 2.40. The van der Waals surface area contributed by atoms with Gasteiger partial charge in [0.1, 0.15) is 11.3 Å². The number of alkyl halides is 3. The Hall–Kier alpha value is -3.69. The van der Waals surface area contributed by atoms with E-state index in [-0.39, 0.29) is 22.6 Å². The van der Waals surface area contributed by atoms with Crippen LogP contribution in [0.1, 0.15) is 35.1 Å². The highest BCUT2D eigenvalue weighted by molar-refractivity contribution is 7.90. The molecule has 0 amide bonds. The normalized spacial score (nSPS) is 14.7. The predicted molar refractivity (Wildman–Crippen MR) is 135 cm³/mol. The molecule has 1 N–H and O–H groups in total. The molecule has 12 heteroatoms. The smallest absolute Gasteiger partial charge is 0.423 e. The number of aromatic nitrogens is 2. The molecule has 2 heterocycles. The van der Waals surface area contributed by atoms with E-state index < -0.39 is 27.5 Å².